The Bertz CT molecular complexity index is 531. The molecule has 0 aliphatic rings. The van der Waals surface area contributed by atoms with E-state index in [-0.39, 0.29) is 5.41 Å². The van der Waals surface area contributed by atoms with Gasteiger partial charge in [-0.05, 0) is 48.2 Å². The summed E-state index contributed by atoms with van der Waals surface area (Å²) in [6, 6.07) is 10.6. The Morgan fingerprint density at radius 2 is 1.81 bits per heavy atom. The Kier molecular flexibility index (Phi) is 5.44. The van der Waals surface area contributed by atoms with Crippen molar-refractivity contribution in [2.45, 2.75) is 51.5 Å². The van der Waals surface area contributed by atoms with Gasteiger partial charge in [0, 0.05) is 6.54 Å². The molecule has 0 saturated heterocycles. The standard InChI is InChI=1S/C16H25N5/c1-3-16(4-2,14-10-6-5-7-11-14)15-18-19-20-21(15)13-9-8-12-17/h5-7,10-11H,3-4,8-9,12-13,17H2,1-2H3. The summed E-state index contributed by atoms with van der Waals surface area (Å²) in [5.74, 6) is 0.968. The lowest BCUT2D eigenvalue weighted by molar-refractivity contribution is 0.405. The van der Waals surface area contributed by atoms with Crippen LogP contribution in [0.5, 0.6) is 0 Å². The fourth-order valence-electron chi connectivity index (χ4n) is 2.96. The van der Waals surface area contributed by atoms with Crippen LogP contribution in [0, 0.1) is 0 Å². The molecular weight excluding hydrogens is 262 g/mol. The van der Waals surface area contributed by atoms with E-state index in [9.17, 15) is 0 Å². The quantitative estimate of drug-likeness (QED) is 0.757. The van der Waals surface area contributed by atoms with E-state index < -0.39 is 0 Å². The molecule has 21 heavy (non-hydrogen) atoms. The predicted molar refractivity (Wildman–Crippen MR) is 83.9 cm³/mol. The van der Waals surface area contributed by atoms with E-state index in [1.165, 1.54) is 5.56 Å². The minimum atomic E-state index is -0.118. The molecule has 5 nitrogen and oxygen atoms in total. The first-order valence-electron chi connectivity index (χ1n) is 7.80. The van der Waals surface area contributed by atoms with Crippen molar-refractivity contribution in [2.75, 3.05) is 6.54 Å². The van der Waals surface area contributed by atoms with Crippen molar-refractivity contribution in [3.05, 3.63) is 41.7 Å². The number of nitrogens with two attached hydrogens (primary N) is 1. The first-order chi connectivity index (χ1) is 10.3. The van der Waals surface area contributed by atoms with Crippen LogP contribution < -0.4 is 5.73 Å². The minimum Gasteiger partial charge on any atom is -0.330 e. The van der Waals surface area contributed by atoms with Gasteiger partial charge in [0.1, 0.15) is 0 Å². The molecule has 2 aromatic rings. The second-order valence-electron chi connectivity index (χ2n) is 5.38. The van der Waals surface area contributed by atoms with E-state index in [1.807, 2.05) is 10.7 Å². The van der Waals surface area contributed by atoms with Crippen LogP contribution in [0.25, 0.3) is 0 Å². The highest BCUT2D eigenvalue weighted by molar-refractivity contribution is 5.32. The zero-order chi connectivity index (χ0) is 15.1. The van der Waals surface area contributed by atoms with Gasteiger partial charge in [-0.1, -0.05) is 44.2 Å². The zero-order valence-corrected chi connectivity index (χ0v) is 13.0. The van der Waals surface area contributed by atoms with Gasteiger partial charge in [0.15, 0.2) is 5.82 Å². The molecule has 0 atom stereocenters. The van der Waals surface area contributed by atoms with Gasteiger partial charge in [0.25, 0.3) is 0 Å². The summed E-state index contributed by atoms with van der Waals surface area (Å²) in [6.45, 7) is 5.95. The summed E-state index contributed by atoms with van der Waals surface area (Å²) >= 11 is 0. The van der Waals surface area contributed by atoms with Crippen LogP contribution in [0.2, 0.25) is 0 Å². The normalized spacial score (nSPS) is 11.8. The molecule has 2 rings (SSSR count). The smallest absolute Gasteiger partial charge is 0.161 e. The van der Waals surface area contributed by atoms with Gasteiger partial charge in [-0.25, -0.2) is 4.68 Å². The van der Waals surface area contributed by atoms with E-state index in [0.717, 1.165) is 38.1 Å². The van der Waals surface area contributed by atoms with E-state index >= 15 is 0 Å². The second kappa shape index (κ2) is 7.31. The molecule has 0 unspecified atom stereocenters. The summed E-state index contributed by atoms with van der Waals surface area (Å²) in [4.78, 5) is 0. The summed E-state index contributed by atoms with van der Waals surface area (Å²) in [6.07, 6.45) is 3.96. The average molecular weight is 287 g/mol. The fraction of sp³-hybridized carbons (Fsp3) is 0.562. The van der Waals surface area contributed by atoms with Crippen molar-refractivity contribution >= 4 is 0 Å². The van der Waals surface area contributed by atoms with E-state index in [1.54, 1.807) is 0 Å². The lowest BCUT2D eigenvalue weighted by Crippen LogP contribution is -2.30. The maximum Gasteiger partial charge on any atom is 0.161 e. The number of aryl methyl sites for hydroxylation is 1. The number of nitrogens with zero attached hydrogens (tertiary/aromatic N) is 4. The largest absolute Gasteiger partial charge is 0.330 e. The van der Waals surface area contributed by atoms with Gasteiger partial charge >= 0.3 is 0 Å². The maximum atomic E-state index is 5.57. The number of hydrogen-bond donors (Lipinski definition) is 1. The molecule has 0 aliphatic heterocycles. The van der Waals surface area contributed by atoms with Crippen LogP contribution >= 0.6 is 0 Å². The van der Waals surface area contributed by atoms with Gasteiger partial charge in [-0.2, -0.15) is 0 Å². The van der Waals surface area contributed by atoms with Crippen LogP contribution in [0.4, 0.5) is 0 Å². The molecule has 2 N–H and O–H groups in total. The van der Waals surface area contributed by atoms with E-state index in [0.29, 0.717) is 6.54 Å². The molecule has 0 bridgehead atoms. The van der Waals surface area contributed by atoms with Crippen LogP contribution in [0.3, 0.4) is 0 Å². The summed E-state index contributed by atoms with van der Waals surface area (Å²) in [5.41, 5.74) is 6.74. The Hall–Kier alpha value is -1.75. The van der Waals surface area contributed by atoms with Crippen molar-refractivity contribution in [1.82, 2.24) is 20.2 Å². The third kappa shape index (κ3) is 3.13. The molecular formula is C16H25N5. The van der Waals surface area contributed by atoms with Crippen LogP contribution in [0.1, 0.15) is 50.9 Å². The number of aromatic nitrogens is 4. The first kappa shape index (κ1) is 15.6. The monoisotopic (exact) mass is 287 g/mol. The van der Waals surface area contributed by atoms with E-state index in [2.05, 4.69) is 53.6 Å². The molecule has 1 aromatic heterocycles. The molecule has 0 amide bonds. The Balaban J connectivity index is 2.37. The van der Waals surface area contributed by atoms with Crippen molar-refractivity contribution in [3.63, 3.8) is 0 Å². The maximum absolute atomic E-state index is 5.57. The van der Waals surface area contributed by atoms with Crippen LogP contribution in [0.15, 0.2) is 30.3 Å². The predicted octanol–water partition coefficient (Wildman–Crippen LogP) is 2.52. The lowest BCUT2D eigenvalue weighted by atomic mass is 9.75. The first-order valence-corrected chi connectivity index (χ1v) is 7.80. The highest BCUT2D eigenvalue weighted by Gasteiger charge is 2.35. The molecule has 114 valence electrons. The molecule has 0 aliphatic carbocycles. The molecule has 0 saturated carbocycles. The van der Waals surface area contributed by atoms with E-state index in [4.69, 9.17) is 5.73 Å². The lowest BCUT2D eigenvalue weighted by Gasteiger charge is -2.31. The zero-order valence-electron chi connectivity index (χ0n) is 13.0. The molecule has 0 radical (unpaired) electrons. The number of hydrogen-bond acceptors (Lipinski definition) is 4. The summed E-state index contributed by atoms with van der Waals surface area (Å²) in [5, 5.41) is 12.5. The average Bonchev–Trinajstić information content (AvgIpc) is 3.00. The SMILES string of the molecule is CCC(CC)(c1ccccc1)c1nnnn1CCCCN. The van der Waals surface area contributed by atoms with Gasteiger partial charge in [-0.15, -0.1) is 5.10 Å². The fourth-order valence-corrected chi connectivity index (χ4v) is 2.96. The third-order valence-corrected chi connectivity index (χ3v) is 4.32. The molecule has 5 heteroatoms. The number of unbranched alkanes of at least 4 members (excludes halogenated alkanes) is 1. The van der Waals surface area contributed by atoms with Crippen molar-refractivity contribution in [2.24, 2.45) is 5.73 Å². The highest BCUT2D eigenvalue weighted by atomic mass is 15.5. The summed E-state index contributed by atoms with van der Waals surface area (Å²) in [7, 11) is 0. The van der Waals surface area contributed by atoms with Crippen LogP contribution in [-0.4, -0.2) is 26.8 Å². The summed E-state index contributed by atoms with van der Waals surface area (Å²) < 4.78 is 1.95. The highest BCUT2D eigenvalue weighted by Crippen LogP contribution is 2.37. The van der Waals surface area contributed by atoms with Gasteiger partial charge < -0.3 is 5.73 Å². The number of tetrazole rings is 1. The third-order valence-electron chi connectivity index (χ3n) is 4.32. The number of rotatable bonds is 8. The molecule has 0 spiro atoms. The Labute approximate surface area is 126 Å². The van der Waals surface area contributed by atoms with Crippen molar-refractivity contribution < 1.29 is 0 Å². The molecule has 1 heterocycles. The van der Waals surface area contributed by atoms with Crippen LogP contribution in [-0.2, 0) is 12.0 Å². The topological polar surface area (TPSA) is 69.6 Å². The molecule has 1 aromatic carbocycles. The van der Waals surface area contributed by atoms with Gasteiger partial charge in [-0.3, -0.25) is 0 Å². The second-order valence-corrected chi connectivity index (χ2v) is 5.38. The Morgan fingerprint density at radius 1 is 1.10 bits per heavy atom. The number of benzene rings is 1. The Morgan fingerprint density at radius 3 is 2.43 bits per heavy atom. The van der Waals surface area contributed by atoms with Gasteiger partial charge in [0.05, 0.1) is 5.41 Å². The van der Waals surface area contributed by atoms with Gasteiger partial charge in [0.2, 0.25) is 0 Å². The molecule has 0 fully saturated rings. The van der Waals surface area contributed by atoms with Crippen molar-refractivity contribution in [1.29, 1.82) is 0 Å². The minimum absolute atomic E-state index is 0.118. The van der Waals surface area contributed by atoms with Crippen molar-refractivity contribution in [3.8, 4) is 0 Å².